The van der Waals surface area contributed by atoms with E-state index in [1.54, 1.807) is 0 Å². The highest BCUT2D eigenvalue weighted by atomic mass is 19.5. The van der Waals surface area contributed by atoms with Gasteiger partial charge >= 0.3 is 13.2 Å². The Hall–Kier alpha value is -2.57. The molecule has 0 radical (unpaired) electrons. The van der Waals surface area contributed by atoms with Crippen molar-refractivity contribution >= 4 is 18.0 Å². The number of ether oxygens (including phenoxy) is 1. The molecule has 0 atom stereocenters. The Morgan fingerprint density at radius 3 is 2.16 bits per heavy atom. The molecule has 7 heteroatoms. The van der Waals surface area contributed by atoms with Crippen LogP contribution in [-0.2, 0) is 0 Å². The maximum atomic E-state index is 9.75. The van der Waals surface area contributed by atoms with Crippen molar-refractivity contribution in [1.82, 2.24) is 0 Å². The van der Waals surface area contributed by atoms with Crippen molar-refractivity contribution in [2.45, 2.75) is 13.8 Å². The van der Waals surface area contributed by atoms with Gasteiger partial charge in [0.1, 0.15) is 5.39 Å². The molecule has 0 fully saturated rings. The van der Waals surface area contributed by atoms with E-state index >= 15 is 0 Å². The molecule has 2 aromatic carbocycles. The van der Waals surface area contributed by atoms with E-state index < -0.39 is 7.25 Å². The number of hydrogen-bond donors (Lipinski definition) is 0. The largest absolute Gasteiger partial charge is 0.673 e. The molecule has 3 aromatic rings. The third-order valence-corrected chi connectivity index (χ3v) is 3.28. The second-order valence-electron chi connectivity index (χ2n) is 5.28. The lowest BCUT2D eigenvalue weighted by atomic mass is 10.1. The van der Waals surface area contributed by atoms with Gasteiger partial charge in [0, 0.05) is 17.0 Å². The topological polar surface area (TPSA) is 20.5 Å². The Kier molecular flexibility index (Phi) is 6.01. The van der Waals surface area contributed by atoms with Crippen LogP contribution in [0.4, 0.5) is 17.3 Å². The van der Waals surface area contributed by atoms with Crippen molar-refractivity contribution in [3.63, 3.8) is 0 Å². The van der Waals surface area contributed by atoms with Crippen LogP contribution in [0.25, 0.3) is 22.1 Å². The van der Waals surface area contributed by atoms with Crippen LogP contribution >= 0.6 is 0 Å². The Labute approximate surface area is 143 Å². The SMILES string of the molecule is CCOc1[o+]c(-c2ccc(C)cc2)cc2ccccc12.F[B-](F)(F)F. The first-order valence-electron chi connectivity index (χ1n) is 7.71. The maximum absolute atomic E-state index is 9.75. The van der Waals surface area contributed by atoms with Crippen LogP contribution < -0.4 is 4.74 Å². The van der Waals surface area contributed by atoms with Gasteiger partial charge in [-0.05, 0) is 32.0 Å². The Morgan fingerprint density at radius 2 is 1.56 bits per heavy atom. The van der Waals surface area contributed by atoms with E-state index in [2.05, 4.69) is 43.3 Å². The van der Waals surface area contributed by atoms with Gasteiger partial charge in [0.15, 0.2) is 6.61 Å². The van der Waals surface area contributed by atoms with Gasteiger partial charge in [-0.3, -0.25) is 4.42 Å². The highest BCUT2D eigenvalue weighted by molar-refractivity contribution is 6.50. The number of fused-ring (bicyclic) bond motifs is 1. The summed E-state index contributed by atoms with van der Waals surface area (Å²) in [6.07, 6.45) is 0. The molecular formula is C18H17BF4O2. The lowest BCUT2D eigenvalue weighted by Crippen LogP contribution is -2.02. The third-order valence-electron chi connectivity index (χ3n) is 3.28. The van der Waals surface area contributed by atoms with Crippen LogP contribution in [0.3, 0.4) is 0 Å². The molecule has 0 saturated carbocycles. The van der Waals surface area contributed by atoms with E-state index in [0.29, 0.717) is 12.6 Å². The van der Waals surface area contributed by atoms with E-state index in [4.69, 9.17) is 9.15 Å². The minimum Gasteiger partial charge on any atom is -0.418 e. The number of halogens is 4. The van der Waals surface area contributed by atoms with E-state index in [1.165, 1.54) is 5.56 Å². The van der Waals surface area contributed by atoms with E-state index in [9.17, 15) is 17.3 Å². The molecule has 0 bridgehead atoms. The van der Waals surface area contributed by atoms with Crippen molar-refractivity contribution in [3.05, 3.63) is 60.2 Å². The number of benzene rings is 2. The summed E-state index contributed by atoms with van der Waals surface area (Å²) in [6, 6.07) is 18.5. The second-order valence-corrected chi connectivity index (χ2v) is 5.28. The van der Waals surface area contributed by atoms with E-state index in [0.717, 1.165) is 22.1 Å². The normalized spacial score (nSPS) is 11.0. The van der Waals surface area contributed by atoms with Crippen molar-refractivity contribution in [1.29, 1.82) is 0 Å². The third kappa shape index (κ3) is 5.78. The summed E-state index contributed by atoms with van der Waals surface area (Å²) in [6.45, 7) is 4.63. The fourth-order valence-electron chi connectivity index (χ4n) is 2.23. The van der Waals surface area contributed by atoms with Crippen LogP contribution in [0.5, 0.6) is 5.95 Å². The molecule has 132 valence electrons. The van der Waals surface area contributed by atoms with Crippen LogP contribution in [0, 0.1) is 6.92 Å². The van der Waals surface area contributed by atoms with E-state index in [-0.39, 0.29) is 0 Å². The van der Waals surface area contributed by atoms with Crippen molar-refractivity contribution in [2.24, 2.45) is 0 Å². The predicted octanol–water partition coefficient (Wildman–Crippen LogP) is 6.39. The fourth-order valence-corrected chi connectivity index (χ4v) is 2.23. The second kappa shape index (κ2) is 8.01. The van der Waals surface area contributed by atoms with Gasteiger partial charge in [-0.15, -0.1) is 0 Å². The van der Waals surface area contributed by atoms with Gasteiger partial charge < -0.3 is 22.0 Å². The summed E-state index contributed by atoms with van der Waals surface area (Å²) >= 11 is 0. The highest BCUT2D eigenvalue weighted by Gasteiger charge is 2.20. The lowest BCUT2D eigenvalue weighted by Gasteiger charge is -2.01. The number of rotatable bonds is 3. The summed E-state index contributed by atoms with van der Waals surface area (Å²) < 4.78 is 50.6. The molecular weight excluding hydrogens is 335 g/mol. The fraction of sp³-hybridized carbons (Fsp3) is 0.167. The quantitative estimate of drug-likeness (QED) is 0.309. The van der Waals surface area contributed by atoms with Crippen LogP contribution in [0.2, 0.25) is 0 Å². The zero-order valence-corrected chi connectivity index (χ0v) is 13.8. The zero-order chi connectivity index (χ0) is 18.4. The summed E-state index contributed by atoms with van der Waals surface area (Å²) in [5, 5.41) is 2.13. The minimum absolute atomic E-state index is 0.584. The number of hydrogen-bond acceptors (Lipinski definition) is 1. The highest BCUT2D eigenvalue weighted by Crippen LogP contribution is 2.32. The lowest BCUT2D eigenvalue weighted by molar-refractivity contribution is 0.260. The molecule has 2 nitrogen and oxygen atoms in total. The first kappa shape index (κ1) is 18.8. The molecule has 1 heterocycles. The Bertz CT molecular complexity index is 827. The summed E-state index contributed by atoms with van der Waals surface area (Å²) in [7, 11) is -6.00. The van der Waals surface area contributed by atoms with Crippen LogP contribution in [0.15, 0.2) is 59.0 Å². The molecule has 3 rings (SSSR count). The van der Waals surface area contributed by atoms with Gasteiger partial charge in [-0.25, -0.2) is 0 Å². The van der Waals surface area contributed by atoms with Crippen molar-refractivity contribution in [3.8, 4) is 17.3 Å². The summed E-state index contributed by atoms with van der Waals surface area (Å²) in [4.78, 5) is 0. The van der Waals surface area contributed by atoms with Gasteiger partial charge in [0.25, 0.3) is 5.76 Å². The van der Waals surface area contributed by atoms with E-state index in [1.807, 2.05) is 25.1 Å². The molecule has 0 aliphatic heterocycles. The number of aryl methyl sites for hydroxylation is 1. The molecule has 0 aliphatic carbocycles. The predicted molar refractivity (Wildman–Crippen MR) is 92.1 cm³/mol. The van der Waals surface area contributed by atoms with Crippen LogP contribution in [-0.4, -0.2) is 13.9 Å². The molecule has 25 heavy (non-hydrogen) atoms. The van der Waals surface area contributed by atoms with Gasteiger partial charge in [-0.1, -0.05) is 35.9 Å². The zero-order valence-electron chi connectivity index (χ0n) is 13.8. The molecule has 0 unspecified atom stereocenters. The van der Waals surface area contributed by atoms with Crippen LogP contribution in [0.1, 0.15) is 12.5 Å². The molecule has 0 amide bonds. The Balaban J connectivity index is 0.000000399. The maximum Gasteiger partial charge on any atom is 0.673 e. The van der Waals surface area contributed by atoms with Gasteiger partial charge in [0.05, 0.1) is 0 Å². The minimum atomic E-state index is -6.00. The standard InChI is InChI=1S/C18H17O2.BF4/c1-3-19-18-16-7-5-4-6-15(16)12-17(20-18)14-10-8-13(2)9-11-14;2-1(3,4)5/h4-12H,3H2,1-2H3;/q+1;-1. The monoisotopic (exact) mass is 352 g/mol. The average Bonchev–Trinajstić information content (AvgIpc) is 2.54. The molecule has 0 spiro atoms. The first-order chi connectivity index (χ1) is 11.8. The molecule has 0 N–H and O–H groups in total. The van der Waals surface area contributed by atoms with Crippen molar-refractivity contribution in [2.75, 3.05) is 6.61 Å². The summed E-state index contributed by atoms with van der Waals surface area (Å²) in [5.41, 5.74) is 2.29. The summed E-state index contributed by atoms with van der Waals surface area (Å²) in [5.74, 6) is 1.41. The van der Waals surface area contributed by atoms with Gasteiger partial charge in [-0.2, -0.15) is 0 Å². The molecule has 1 aromatic heterocycles. The smallest absolute Gasteiger partial charge is 0.418 e. The van der Waals surface area contributed by atoms with Gasteiger partial charge in [0.2, 0.25) is 0 Å². The molecule has 0 aliphatic rings. The Morgan fingerprint density at radius 1 is 0.960 bits per heavy atom. The van der Waals surface area contributed by atoms with Crippen molar-refractivity contribution < 1.29 is 26.4 Å². The average molecular weight is 352 g/mol. The molecule has 0 saturated heterocycles. The first-order valence-corrected chi connectivity index (χ1v) is 7.71.